The first-order valence-electron chi connectivity index (χ1n) is 11.1. The van der Waals surface area contributed by atoms with E-state index in [0.29, 0.717) is 6.07 Å². The molecular weight excluding hydrogens is 643 g/mol. The molecule has 0 bridgehead atoms. The molecule has 7 N–H and O–H groups in total. The molecule has 16 nitrogen and oxygen atoms in total. The first kappa shape index (κ1) is 31.2. The first-order valence-corrected chi connectivity index (χ1v) is 17.1. The van der Waals surface area contributed by atoms with Crippen molar-refractivity contribution in [1.29, 1.82) is 0 Å². The number of hydrogen-bond acceptors (Lipinski definition) is 13. The van der Waals surface area contributed by atoms with Crippen molar-refractivity contribution in [2.45, 2.75) is 19.6 Å². The largest absolute Gasteiger partial charge is 0.505 e. The topological polar surface area (TPSA) is 288 Å². The number of sulfone groups is 1. The average Bonchev–Trinajstić information content (AvgIpc) is 2.85. The molecule has 4 aromatic rings. The normalized spacial score (nSPS) is 13.3. The smallest absolute Gasteiger partial charge is 0.296 e. The maximum Gasteiger partial charge on any atom is 0.296 e. The van der Waals surface area contributed by atoms with Gasteiger partial charge in [0.05, 0.1) is 22.2 Å². The summed E-state index contributed by atoms with van der Waals surface area (Å²) >= 11 is 0. The Morgan fingerprint density at radius 2 is 1.26 bits per heavy atom. The average molecular weight is 662 g/mol. The van der Waals surface area contributed by atoms with Crippen molar-refractivity contribution in [3.8, 4) is 5.75 Å². The number of aromatic hydroxyl groups is 1. The van der Waals surface area contributed by atoms with E-state index in [0.717, 1.165) is 42.5 Å². The second-order valence-electron chi connectivity index (χ2n) is 8.65. The van der Waals surface area contributed by atoms with E-state index >= 15 is 0 Å². The Hall–Kier alpha value is -3.76. The number of fused-ring (bicyclic) bond motifs is 2. The number of benzene rings is 4. The van der Waals surface area contributed by atoms with Gasteiger partial charge < -0.3 is 15.9 Å². The monoisotopic (exact) mass is 661 g/mol. The van der Waals surface area contributed by atoms with Crippen LogP contribution in [0.3, 0.4) is 0 Å². The van der Waals surface area contributed by atoms with E-state index in [1.165, 1.54) is 0 Å². The van der Waals surface area contributed by atoms with Crippen molar-refractivity contribution in [1.82, 2.24) is 0 Å². The third kappa shape index (κ3) is 5.91. The van der Waals surface area contributed by atoms with Crippen LogP contribution in [0.5, 0.6) is 5.75 Å². The summed E-state index contributed by atoms with van der Waals surface area (Å²) in [5.74, 6) is -1.66. The summed E-state index contributed by atoms with van der Waals surface area (Å²) in [6.45, 7) is -0.672. The van der Waals surface area contributed by atoms with Crippen molar-refractivity contribution < 1.29 is 57.5 Å². The molecule has 0 saturated carbocycles. The van der Waals surface area contributed by atoms with Gasteiger partial charge in [0.2, 0.25) is 0 Å². The highest BCUT2D eigenvalue weighted by atomic mass is 32.2. The summed E-state index contributed by atoms with van der Waals surface area (Å²) in [6, 6.07) is 7.45. The Kier molecular flexibility index (Phi) is 7.80. The standard InChI is InChI=1S/C22H19N3O13S4/c23-16-10-14(40(30,31)32)8-12-9-18(42(36,37)38)21(22(27)19(12)16)25-24-20-15-3-2-13(39(28,29)6-5-26)7-11(15)1-4-17(20)41(33,34)35/h1-4,7-10,26-27H,5-6,23H2,(H,30,31,32)(H,33,34,35)(H,36,37,38). The molecule has 42 heavy (non-hydrogen) atoms. The van der Waals surface area contributed by atoms with Crippen LogP contribution in [0.4, 0.5) is 17.1 Å². The molecular formula is C22H19N3O13S4. The van der Waals surface area contributed by atoms with Crippen LogP contribution in [0.15, 0.2) is 78.3 Å². The molecule has 0 aromatic heterocycles. The number of nitrogens with zero attached hydrogens (tertiary/aromatic N) is 2. The Morgan fingerprint density at radius 3 is 1.83 bits per heavy atom. The van der Waals surface area contributed by atoms with Crippen LogP contribution in [0.1, 0.15) is 0 Å². The molecule has 0 unspecified atom stereocenters. The fraction of sp³-hybridized carbons (Fsp3) is 0.0909. The first-order chi connectivity index (χ1) is 19.3. The van der Waals surface area contributed by atoms with Gasteiger partial charge in [-0.1, -0.05) is 12.1 Å². The fourth-order valence-electron chi connectivity index (χ4n) is 4.05. The molecule has 4 aromatic carbocycles. The third-order valence-electron chi connectivity index (χ3n) is 5.90. The Bertz CT molecular complexity index is 2270. The van der Waals surface area contributed by atoms with E-state index in [1.807, 2.05) is 0 Å². The molecule has 0 aliphatic carbocycles. The molecule has 0 fully saturated rings. The SMILES string of the molecule is Nc1cc(S(=O)(=O)O)cc2cc(S(=O)(=O)O)c(N=Nc3c(S(=O)(=O)O)ccc4cc(S(=O)(=O)CCO)ccc34)c(O)c12. The van der Waals surface area contributed by atoms with Gasteiger partial charge in [0.1, 0.15) is 21.2 Å². The number of phenolic OH excluding ortho intramolecular Hbond substituents is 1. The van der Waals surface area contributed by atoms with E-state index in [2.05, 4.69) is 10.2 Å². The second kappa shape index (κ2) is 10.5. The number of rotatable bonds is 8. The zero-order valence-corrected chi connectivity index (χ0v) is 23.9. The minimum atomic E-state index is -5.24. The lowest BCUT2D eigenvalue weighted by Crippen LogP contribution is -2.09. The highest BCUT2D eigenvalue weighted by molar-refractivity contribution is 7.91. The Labute approximate surface area is 237 Å². The van der Waals surface area contributed by atoms with Gasteiger partial charge in [0, 0.05) is 16.5 Å². The van der Waals surface area contributed by atoms with Gasteiger partial charge in [-0.2, -0.15) is 25.3 Å². The lowest BCUT2D eigenvalue weighted by molar-refractivity contribution is 0.319. The number of anilines is 1. The molecule has 224 valence electrons. The second-order valence-corrected chi connectivity index (χ2v) is 15.0. The number of phenols is 1. The summed E-state index contributed by atoms with van der Waals surface area (Å²) in [5.41, 5.74) is 3.74. The quantitative estimate of drug-likeness (QED) is 0.0896. The lowest BCUT2D eigenvalue weighted by atomic mass is 10.1. The van der Waals surface area contributed by atoms with Crippen LogP contribution < -0.4 is 5.73 Å². The number of hydrogen-bond donors (Lipinski definition) is 6. The van der Waals surface area contributed by atoms with Crippen LogP contribution in [0.2, 0.25) is 0 Å². The van der Waals surface area contributed by atoms with Crippen LogP contribution >= 0.6 is 0 Å². The number of nitrogen functional groups attached to an aromatic ring is 1. The van der Waals surface area contributed by atoms with Crippen LogP contribution in [-0.2, 0) is 40.2 Å². The molecule has 0 aliphatic rings. The van der Waals surface area contributed by atoms with Crippen LogP contribution in [-0.4, -0.2) is 69.9 Å². The van der Waals surface area contributed by atoms with E-state index in [-0.39, 0.29) is 26.4 Å². The predicted octanol–water partition coefficient (Wildman–Crippen LogP) is 2.20. The maximum absolute atomic E-state index is 12.4. The van der Waals surface area contributed by atoms with Gasteiger partial charge in [0.15, 0.2) is 15.6 Å². The van der Waals surface area contributed by atoms with Gasteiger partial charge in [-0.25, -0.2) is 8.42 Å². The number of nitrogens with two attached hydrogens (primary N) is 1. The van der Waals surface area contributed by atoms with Crippen molar-refractivity contribution in [2.24, 2.45) is 10.2 Å². The number of azo groups is 1. The van der Waals surface area contributed by atoms with Crippen molar-refractivity contribution in [3.05, 3.63) is 48.5 Å². The van der Waals surface area contributed by atoms with E-state index in [4.69, 9.17) is 10.8 Å². The molecule has 0 amide bonds. The predicted molar refractivity (Wildman–Crippen MR) is 147 cm³/mol. The fourth-order valence-corrected chi connectivity index (χ4v) is 6.95. The van der Waals surface area contributed by atoms with Crippen LogP contribution in [0, 0.1) is 0 Å². The lowest BCUT2D eigenvalue weighted by Gasteiger charge is -2.12. The Morgan fingerprint density at radius 1 is 0.667 bits per heavy atom. The summed E-state index contributed by atoms with van der Waals surface area (Å²) in [5, 5.41) is 26.5. The van der Waals surface area contributed by atoms with Gasteiger partial charge in [-0.15, -0.1) is 10.2 Å². The summed E-state index contributed by atoms with van der Waals surface area (Å²) in [4.78, 5) is -2.99. The summed E-state index contributed by atoms with van der Waals surface area (Å²) < 4.78 is 125. The molecule has 0 aliphatic heterocycles. The minimum absolute atomic E-state index is 0.0649. The highest BCUT2D eigenvalue weighted by Crippen LogP contribution is 2.45. The summed E-state index contributed by atoms with van der Waals surface area (Å²) in [7, 11) is -19.0. The van der Waals surface area contributed by atoms with Crippen molar-refractivity contribution >= 4 is 78.8 Å². The molecule has 0 radical (unpaired) electrons. The molecule has 0 atom stereocenters. The molecule has 0 heterocycles. The van der Waals surface area contributed by atoms with Gasteiger partial charge in [-0.3, -0.25) is 13.7 Å². The maximum atomic E-state index is 12.4. The Balaban J connectivity index is 2.05. The third-order valence-corrected chi connectivity index (χ3v) is 10.2. The van der Waals surface area contributed by atoms with E-state index < -0.39 is 90.0 Å². The zero-order chi connectivity index (χ0) is 31.4. The molecule has 20 heteroatoms. The van der Waals surface area contributed by atoms with E-state index in [9.17, 15) is 52.4 Å². The minimum Gasteiger partial charge on any atom is -0.505 e. The zero-order valence-electron chi connectivity index (χ0n) is 20.6. The van der Waals surface area contributed by atoms with Crippen LogP contribution in [0.25, 0.3) is 21.5 Å². The van der Waals surface area contributed by atoms with Crippen molar-refractivity contribution in [3.63, 3.8) is 0 Å². The number of aliphatic hydroxyl groups is 1. The molecule has 4 rings (SSSR count). The molecule has 0 spiro atoms. The van der Waals surface area contributed by atoms with Crippen molar-refractivity contribution in [2.75, 3.05) is 18.1 Å². The number of aliphatic hydroxyl groups excluding tert-OH is 1. The van der Waals surface area contributed by atoms with E-state index in [1.54, 1.807) is 0 Å². The molecule has 0 saturated heterocycles. The van der Waals surface area contributed by atoms with Gasteiger partial charge in [-0.05, 0) is 47.2 Å². The summed E-state index contributed by atoms with van der Waals surface area (Å²) in [6.07, 6.45) is 0. The highest BCUT2D eigenvalue weighted by Gasteiger charge is 2.26. The van der Waals surface area contributed by atoms with Gasteiger partial charge in [0.25, 0.3) is 30.4 Å². The van der Waals surface area contributed by atoms with Gasteiger partial charge >= 0.3 is 0 Å².